The van der Waals surface area contributed by atoms with Crippen molar-refractivity contribution in [3.63, 3.8) is 0 Å². The van der Waals surface area contributed by atoms with Gasteiger partial charge in [0, 0.05) is 19.5 Å². The van der Waals surface area contributed by atoms with E-state index in [9.17, 15) is 4.79 Å². The molecule has 1 fully saturated rings. The van der Waals surface area contributed by atoms with Crippen LogP contribution in [0.4, 0.5) is 0 Å². The highest BCUT2D eigenvalue weighted by Gasteiger charge is 2.23. The fourth-order valence-corrected chi connectivity index (χ4v) is 3.61. The summed E-state index contributed by atoms with van der Waals surface area (Å²) < 4.78 is 0. The number of aliphatic hydroxyl groups is 1. The summed E-state index contributed by atoms with van der Waals surface area (Å²) in [5.41, 5.74) is 1.12. The van der Waals surface area contributed by atoms with E-state index in [1.54, 1.807) is 11.3 Å². The number of nitrogens with zero attached hydrogens (tertiary/aromatic N) is 1. The minimum Gasteiger partial charge on any atom is -0.384 e. The van der Waals surface area contributed by atoms with Crippen LogP contribution < -0.4 is 0 Å². The second kappa shape index (κ2) is 8.21. The second-order valence-electron chi connectivity index (χ2n) is 5.66. The van der Waals surface area contributed by atoms with Gasteiger partial charge in [0.25, 0.3) is 0 Å². The Balaban J connectivity index is 1.91. The maximum absolute atomic E-state index is 12.5. The minimum absolute atomic E-state index is 0.118. The van der Waals surface area contributed by atoms with Gasteiger partial charge in [0.2, 0.25) is 5.91 Å². The Labute approximate surface area is 131 Å². The zero-order valence-corrected chi connectivity index (χ0v) is 13.4. The lowest BCUT2D eigenvalue weighted by Crippen LogP contribution is -2.32. The Morgan fingerprint density at radius 2 is 2.10 bits per heavy atom. The number of hydrogen-bond acceptors (Lipinski definition) is 3. The van der Waals surface area contributed by atoms with Crippen LogP contribution in [0, 0.1) is 17.8 Å². The zero-order valence-electron chi connectivity index (χ0n) is 12.6. The number of hydrogen-bond donors (Lipinski definition) is 1. The highest BCUT2D eigenvalue weighted by molar-refractivity contribution is 7.10. The largest absolute Gasteiger partial charge is 0.384 e. The molecule has 1 aromatic rings. The van der Waals surface area contributed by atoms with Crippen LogP contribution in [-0.2, 0) is 11.3 Å². The SMILES string of the molecule is CN(Cc1csc(C#CCO)c1)C(=O)C1CCCCCC1. The molecule has 4 heteroatoms. The molecular weight excluding hydrogens is 282 g/mol. The Morgan fingerprint density at radius 1 is 1.38 bits per heavy atom. The summed E-state index contributed by atoms with van der Waals surface area (Å²) in [4.78, 5) is 15.3. The van der Waals surface area contributed by atoms with Crippen LogP contribution in [-0.4, -0.2) is 29.6 Å². The summed E-state index contributed by atoms with van der Waals surface area (Å²) in [6.45, 7) is 0.528. The zero-order chi connectivity index (χ0) is 15.1. The standard InChI is InChI=1S/C17H23NO2S/c1-18(17(20)15-7-4-2-3-5-8-15)12-14-11-16(21-13-14)9-6-10-19/h11,13,15,19H,2-5,7-8,10,12H2,1H3. The van der Waals surface area contributed by atoms with Gasteiger partial charge in [-0.2, -0.15) is 0 Å². The minimum atomic E-state index is -0.118. The van der Waals surface area contributed by atoms with Gasteiger partial charge in [-0.1, -0.05) is 37.5 Å². The lowest BCUT2D eigenvalue weighted by molar-refractivity contribution is -0.135. The van der Waals surface area contributed by atoms with Crippen LogP contribution in [0.5, 0.6) is 0 Å². The summed E-state index contributed by atoms with van der Waals surface area (Å²) in [5, 5.41) is 10.7. The number of carbonyl (C=O) groups excluding carboxylic acids is 1. The van der Waals surface area contributed by atoms with E-state index in [0.717, 1.165) is 23.3 Å². The van der Waals surface area contributed by atoms with Crippen molar-refractivity contribution in [3.05, 3.63) is 21.9 Å². The van der Waals surface area contributed by atoms with Crippen molar-refractivity contribution in [3.8, 4) is 11.8 Å². The third-order valence-electron chi connectivity index (χ3n) is 3.94. The van der Waals surface area contributed by atoms with E-state index in [-0.39, 0.29) is 18.4 Å². The highest BCUT2D eigenvalue weighted by Crippen LogP contribution is 2.25. The van der Waals surface area contributed by atoms with E-state index in [1.807, 2.05) is 23.4 Å². The second-order valence-corrected chi connectivity index (χ2v) is 6.57. The van der Waals surface area contributed by atoms with Gasteiger partial charge < -0.3 is 10.0 Å². The summed E-state index contributed by atoms with van der Waals surface area (Å²) in [6, 6.07) is 2.00. The van der Waals surface area contributed by atoms with Crippen molar-refractivity contribution < 1.29 is 9.90 Å². The first-order valence-electron chi connectivity index (χ1n) is 7.63. The molecule has 0 radical (unpaired) electrons. The van der Waals surface area contributed by atoms with Gasteiger partial charge in [0.15, 0.2) is 0 Å². The van der Waals surface area contributed by atoms with E-state index < -0.39 is 0 Å². The van der Waals surface area contributed by atoms with E-state index in [0.29, 0.717) is 6.54 Å². The highest BCUT2D eigenvalue weighted by atomic mass is 32.1. The van der Waals surface area contributed by atoms with Gasteiger partial charge >= 0.3 is 0 Å². The molecule has 0 unspecified atom stereocenters. The molecule has 1 aromatic heterocycles. The fraction of sp³-hybridized carbons (Fsp3) is 0.588. The van der Waals surface area contributed by atoms with E-state index in [1.165, 1.54) is 25.7 Å². The van der Waals surface area contributed by atoms with Crippen molar-refractivity contribution in [2.75, 3.05) is 13.7 Å². The first kappa shape index (κ1) is 16.1. The molecule has 0 atom stereocenters. The Hall–Kier alpha value is -1.31. The lowest BCUT2D eigenvalue weighted by atomic mass is 9.99. The maximum Gasteiger partial charge on any atom is 0.225 e. The number of aliphatic hydroxyl groups excluding tert-OH is 1. The molecule has 1 aliphatic rings. The van der Waals surface area contributed by atoms with Crippen molar-refractivity contribution in [2.45, 2.75) is 45.1 Å². The maximum atomic E-state index is 12.5. The number of carbonyl (C=O) groups is 1. The molecule has 0 spiro atoms. The number of amides is 1. The molecule has 1 N–H and O–H groups in total. The molecular formula is C17H23NO2S. The first-order chi connectivity index (χ1) is 10.2. The molecule has 3 nitrogen and oxygen atoms in total. The Bertz CT molecular complexity index is 518. The topological polar surface area (TPSA) is 40.5 Å². The van der Waals surface area contributed by atoms with Crippen LogP contribution in [0.2, 0.25) is 0 Å². The summed E-state index contributed by atoms with van der Waals surface area (Å²) in [5.74, 6) is 6.05. The lowest BCUT2D eigenvalue weighted by Gasteiger charge is -2.22. The molecule has 0 aromatic carbocycles. The third-order valence-corrected chi connectivity index (χ3v) is 4.84. The van der Waals surface area contributed by atoms with E-state index in [2.05, 4.69) is 11.8 Å². The molecule has 1 saturated carbocycles. The number of thiophene rings is 1. The van der Waals surface area contributed by atoms with Crippen molar-refractivity contribution in [1.29, 1.82) is 0 Å². The van der Waals surface area contributed by atoms with Gasteiger partial charge in [-0.25, -0.2) is 0 Å². The summed E-state index contributed by atoms with van der Waals surface area (Å²) in [7, 11) is 1.89. The molecule has 21 heavy (non-hydrogen) atoms. The molecule has 0 saturated heterocycles. The quantitative estimate of drug-likeness (QED) is 0.689. The predicted molar refractivity (Wildman–Crippen MR) is 85.9 cm³/mol. The molecule has 1 amide bonds. The van der Waals surface area contributed by atoms with Gasteiger partial charge in [0.05, 0.1) is 4.88 Å². The molecule has 0 bridgehead atoms. The third kappa shape index (κ3) is 4.87. The fourth-order valence-electron chi connectivity index (χ4n) is 2.84. The first-order valence-corrected chi connectivity index (χ1v) is 8.51. The van der Waals surface area contributed by atoms with Crippen LogP contribution in [0.15, 0.2) is 11.4 Å². The predicted octanol–water partition coefficient (Wildman–Crippen LogP) is 3.02. The van der Waals surface area contributed by atoms with Crippen LogP contribution in [0.25, 0.3) is 0 Å². The van der Waals surface area contributed by atoms with Crippen LogP contribution >= 0.6 is 11.3 Å². The Kier molecular flexibility index (Phi) is 6.28. The van der Waals surface area contributed by atoms with Gasteiger partial charge in [-0.05, 0) is 29.9 Å². The van der Waals surface area contributed by atoms with Gasteiger partial charge in [0.1, 0.15) is 6.61 Å². The summed E-state index contributed by atoms with van der Waals surface area (Å²) in [6.07, 6.45) is 6.99. The smallest absolute Gasteiger partial charge is 0.225 e. The molecule has 0 aliphatic heterocycles. The van der Waals surface area contributed by atoms with Crippen molar-refractivity contribution in [2.24, 2.45) is 5.92 Å². The van der Waals surface area contributed by atoms with Gasteiger partial charge in [-0.15, -0.1) is 11.3 Å². The molecule has 1 aliphatic carbocycles. The normalized spacial score (nSPS) is 15.9. The van der Waals surface area contributed by atoms with Gasteiger partial charge in [-0.3, -0.25) is 4.79 Å². The van der Waals surface area contributed by atoms with Crippen molar-refractivity contribution >= 4 is 17.2 Å². The molecule has 2 rings (SSSR count). The van der Waals surface area contributed by atoms with E-state index >= 15 is 0 Å². The van der Waals surface area contributed by atoms with Crippen molar-refractivity contribution in [1.82, 2.24) is 4.90 Å². The summed E-state index contributed by atoms with van der Waals surface area (Å²) >= 11 is 1.56. The van der Waals surface area contributed by atoms with E-state index in [4.69, 9.17) is 5.11 Å². The molecule has 114 valence electrons. The molecule has 1 heterocycles. The Morgan fingerprint density at radius 3 is 2.76 bits per heavy atom. The van der Waals surface area contributed by atoms with Crippen LogP contribution in [0.1, 0.15) is 49.0 Å². The average molecular weight is 305 g/mol. The average Bonchev–Trinajstić information content (AvgIpc) is 2.75. The van der Waals surface area contributed by atoms with Crippen LogP contribution in [0.3, 0.4) is 0 Å². The number of rotatable bonds is 3. The monoisotopic (exact) mass is 305 g/mol.